The van der Waals surface area contributed by atoms with Crippen LogP contribution in [0.5, 0.6) is 0 Å². The molecule has 24 heavy (non-hydrogen) atoms. The molecular weight excluding hydrogens is 340 g/mol. The molecule has 0 aromatic heterocycles. The number of hydrogen-bond acceptors (Lipinski definition) is 5. The van der Waals surface area contributed by atoms with Crippen molar-refractivity contribution >= 4 is 22.3 Å². The van der Waals surface area contributed by atoms with Crippen LogP contribution in [-0.4, -0.2) is 52.0 Å². The van der Waals surface area contributed by atoms with Gasteiger partial charge in [0.1, 0.15) is 0 Å². The average Bonchev–Trinajstić information content (AvgIpc) is 2.59. The van der Waals surface area contributed by atoms with Gasteiger partial charge in [-0.3, -0.25) is 0 Å². The van der Waals surface area contributed by atoms with Gasteiger partial charge in [-0.15, -0.1) is 0 Å². The van der Waals surface area contributed by atoms with Gasteiger partial charge in [0, 0.05) is 13.2 Å². The molecule has 0 fully saturated rings. The standard InChI is InChI=1S/C17H32O5Si2/c1-5-15(2)11-12-24(21-3,14-16(19)13-18)22-23(4,20)17-9-7-6-8-10-17/h6-10,15-16,18-20H,5,11-14H2,1-4H3. The van der Waals surface area contributed by atoms with Crippen molar-refractivity contribution in [1.82, 2.24) is 0 Å². The van der Waals surface area contributed by atoms with Crippen molar-refractivity contribution in [2.75, 3.05) is 13.7 Å². The molecule has 1 aromatic carbocycles. The van der Waals surface area contributed by atoms with Crippen LogP contribution in [-0.2, 0) is 8.54 Å². The second-order valence-corrected chi connectivity index (χ2v) is 13.2. The highest BCUT2D eigenvalue weighted by atomic mass is 28.5. The van der Waals surface area contributed by atoms with E-state index in [2.05, 4.69) is 13.8 Å². The van der Waals surface area contributed by atoms with Crippen LogP contribution in [0.15, 0.2) is 30.3 Å². The summed E-state index contributed by atoms with van der Waals surface area (Å²) in [6.07, 6.45) is 1.08. The van der Waals surface area contributed by atoms with Crippen LogP contribution in [0.25, 0.3) is 0 Å². The van der Waals surface area contributed by atoms with E-state index in [4.69, 9.17) is 8.54 Å². The summed E-state index contributed by atoms with van der Waals surface area (Å²) in [6, 6.07) is 10.3. The molecule has 5 nitrogen and oxygen atoms in total. The monoisotopic (exact) mass is 372 g/mol. The Hall–Kier alpha value is -0.546. The fourth-order valence-electron chi connectivity index (χ4n) is 2.68. The van der Waals surface area contributed by atoms with Crippen LogP contribution in [0.1, 0.15) is 26.7 Å². The third kappa shape index (κ3) is 6.40. The fraction of sp³-hybridized carbons (Fsp3) is 0.647. The lowest BCUT2D eigenvalue weighted by atomic mass is 10.1. The molecule has 4 atom stereocenters. The van der Waals surface area contributed by atoms with Crippen LogP contribution in [0.3, 0.4) is 0 Å². The number of hydrogen-bond donors (Lipinski definition) is 3. The van der Waals surface area contributed by atoms with Crippen molar-refractivity contribution in [2.45, 2.75) is 51.4 Å². The predicted octanol–water partition coefficient (Wildman–Crippen LogP) is 1.85. The normalized spacial score (nSPS) is 19.3. The smallest absolute Gasteiger partial charge is 0.357 e. The summed E-state index contributed by atoms with van der Waals surface area (Å²) in [7, 11) is -4.42. The molecule has 3 N–H and O–H groups in total. The third-order valence-corrected chi connectivity index (χ3v) is 11.9. The maximum absolute atomic E-state index is 11.0. The lowest BCUT2D eigenvalue weighted by Gasteiger charge is -2.37. The van der Waals surface area contributed by atoms with Crippen LogP contribution in [0.4, 0.5) is 0 Å². The first-order chi connectivity index (χ1) is 11.3. The highest BCUT2D eigenvalue weighted by Crippen LogP contribution is 2.28. The number of aliphatic hydroxyl groups is 2. The Kier molecular flexibility index (Phi) is 8.79. The average molecular weight is 373 g/mol. The van der Waals surface area contributed by atoms with Gasteiger partial charge in [0.15, 0.2) is 0 Å². The molecule has 138 valence electrons. The van der Waals surface area contributed by atoms with Crippen LogP contribution >= 0.6 is 0 Å². The molecule has 1 aromatic rings. The molecule has 0 bridgehead atoms. The highest BCUT2D eigenvalue weighted by Gasteiger charge is 2.46. The van der Waals surface area contributed by atoms with E-state index in [-0.39, 0.29) is 12.7 Å². The number of benzene rings is 1. The van der Waals surface area contributed by atoms with E-state index in [1.165, 1.54) is 0 Å². The van der Waals surface area contributed by atoms with Crippen molar-refractivity contribution in [1.29, 1.82) is 0 Å². The quantitative estimate of drug-likeness (QED) is 0.517. The van der Waals surface area contributed by atoms with Crippen molar-refractivity contribution in [3.63, 3.8) is 0 Å². The lowest BCUT2D eigenvalue weighted by Crippen LogP contribution is -2.59. The zero-order chi connectivity index (χ0) is 18.2. The first kappa shape index (κ1) is 21.5. The Balaban J connectivity index is 3.01. The zero-order valence-corrected chi connectivity index (χ0v) is 17.2. The second kappa shape index (κ2) is 9.81. The Bertz CT molecular complexity index is 471. The number of aliphatic hydroxyl groups excluding tert-OH is 2. The highest BCUT2D eigenvalue weighted by molar-refractivity contribution is 6.87. The van der Waals surface area contributed by atoms with Gasteiger partial charge >= 0.3 is 17.1 Å². The van der Waals surface area contributed by atoms with E-state index < -0.39 is 23.2 Å². The topological polar surface area (TPSA) is 79.2 Å². The zero-order valence-electron chi connectivity index (χ0n) is 15.2. The number of rotatable bonds is 11. The van der Waals surface area contributed by atoms with Crippen molar-refractivity contribution in [3.8, 4) is 0 Å². The minimum absolute atomic E-state index is 0.256. The molecule has 4 unspecified atom stereocenters. The molecule has 0 radical (unpaired) electrons. The minimum Gasteiger partial charge on any atom is -0.411 e. The Labute approximate surface area is 147 Å². The lowest BCUT2D eigenvalue weighted by molar-refractivity contribution is 0.0988. The van der Waals surface area contributed by atoms with E-state index in [1.54, 1.807) is 13.7 Å². The largest absolute Gasteiger partial charge is 0.411 e. The summed E-state index contributed by atoms with van der Waals surface area (Å²) in [5.74, 6) is 0.519. The summed E-state index contributed by atoms with van der Waals surface area (Å²) >= 11 is 0. The van der Waals surface area contributed by atoms with Crippen LogP contribution in [0, 0.1) is 5.92 Å². The van der Waals surface area contributed by atoms with Crippen molar-refractivity contribution in [2.24, 2.45) is 5.92 Å². The molecule has 0 spiro atoms. The molecule has 7 heteroatoms. The first-order valence-electron chi connectivity index (χ1n) is 8.60. The molecule has 1 rings (SSSR count). The summed E-state index contributed by atoms with van der Waals surface area (Å²) < 4.78 is 12.1. The maximum atomic E-state index is 11.0. The Morgan fingerprint density at radius 3 is 2.33 bits per heavy atom. The van der Waals surface area contributed by atoms with Crippen LogP contribution in [0.2, 0.25) is 18.6 Å². The van der Waals surface area contributed by atoms with Gasteiger partial charge in [0.25, 0.3) is 0 Å². The fourth-order valence-corrected chi connectivity index (χ4v) is 10.3. The van der Waals surface area contributed by atoms with E-state index in [9.17, 15) is 15.0 Å². The minimum atomic E-state index is -3.15. The Morgan fingerprint density at radius 1 is 1.21 bits per heavy atom. The van der Waals surface area contributed by atoms with Gasteiger partial charge in [-0.2, -0.15) is 0 Å². The van der Waals surface area contributed by atoms with E-state index in [0.29, 0.717) is 12.0 Å². The Morgan fingerprint density at radius 2 is 1.83 bits per heavy atom. The van der Waals surface area contributed by atoms with Gasteiger partial charge in [0.2, 0.25) is 0 Å². The first-order valence-corrected chi connectivity index (χ1v) is 13.2. The molecule has 0 heterocycles. The second-order valence-electron chi connectivity index (χ2n) is 6.66. The van der Waals surface area contributed by atoms with Crippen LogP contribution < -0.4 is 5.19 Å². The molecule has 0 saturated carbocycles. The SMILES string of the molecule is CCC(C)CC[Si](CC(O)CO)(OC)O[Si](C)(O)c1ccccc1. The molecule has 0 aliphatic heterocycles. The van der Waals surface area contributed by atoms with Gasteiger partial charge in [-0.25, -0.2) is 0 Å². The molecule has 0 aliphatic rings. The van der Waals surface area contributed by atoms with Gasteiger partial charge < -0.3 is 23.5 Å². The molecular formula is C17H32O5Si2. The predicted molar refractivity (Wildman–Crippen MR) is 101 cm³/mol. The molecule has 0 aliphatic carbocycles. The summed E-state index contributed by atoms with van der Waals surface area (Å²) in [5, 5.41) is 20.0. The van der Waals surface area contributed by atoms with Gasteiger partial charge in [-0.1, -0.05) is 50.6 Å². The van der Waals surface area contributed by atoms with Crippen molar-refractivity contribution < 1.29 is 23.5 Å². The van der Waals surface area contributed by atoms with E-state index in [1.807, 2.05) is 30.3 Å². The summed E-state index contributed by atoms with van der Waals surface area (Å²) in [6.45, 7) is 5.71. The van der Waals surface area contributed by atoms with Gasteiger partial charge in [-0.05, 0) is 30.1 Å². The van der Waals surface area contributed by atoms with E-state index in [0.717, 1.165) is 18.0 Å². The summed E-state index contributed by atoms with van der Waals surface area (Å²) in [4.78, 5) is 11.0. The molecule has 0 saturated heterocycles. The van der Waals surface area contributed by atoms with Gasteiger partial charge in [0.05, 0.1) is 12.7 Å². The maximum Gasteiger partial charge on any atom is 0.357 e. The van der Waals surface area contributed by atoms with Crippen molar-refractivity contribution in [3.05, 3.63) is 30.3 Å². The molecule has 0 amide bonds. The third-order valence-electron chi connectivity index (χ3n) is 4.54. The van der Waals surface area contributed by atoms with E-state index >= 15 is 0 Å². The summed E-state index contributed by atoms with van der Waals surface area (Å²) in [5.41, 5.74) is 0.